The SMILES string of the molecule is O=Cc1cccc(OCc2ccc(OC(F)(F)F)c(F)c2)c1. The van der Waals surface area contributed by atoms with E-state index in [4.69, 9.17) is 4.74 Å². The van der Waals surface area contributed by atoms with Crippen molar-refractivity contribution >= 4 is 6.29 Å². The highest BCUT2D eigenvalue weighted by Crippen LogP contribution is 2.26. The van der Waals surface area contributed by atoms with E-state index in [1.807, 2.05) is 0 Å². The molecule has 0 bridgehead atoms. The van der Waals surface area contributed by atoms with Crippen molar-refractivity contribution in [3.8, 4) is 11.5 Å². The molecular weight excluding hydrogens is 304 g/mol. The summed E-state index contributed by atoms with van der Waals surface area (Å²) in [6.07, 6.45) is -4.30. The Morgan fingerprint density at radius 2 is 1.86 bits per heavy atom. The van der Waals surface area contributed by atoms with Gasteiger partial charge in [0.1, 0.15) is 18.6 Å². The summed E-state index contributed by atoms with van der Waals surface area (Å²) in [6, 6.07) is 9.32. The van der Waals surface area contributed by atoms with Gasteiger partial charge in [-0.25, -0.2) is 4.39 Å². The first-order valence-corrected chi connectivity index (χ1v) is 6.09. The summed E-state index contributed by atoms with van der Waals surface area (Å²) in [6.45, 7) is -0.0640. The molecule has 0 saturated carbocycles. The smallest absolute Gasteiger partial charge is 0.489 e. The summed E-state index contributed by atoms with van der Waals surface area (Å²) in [5.74, 6) is -1.65. The molecule has 22 heavy (non-hydrogen) atoms. The second-order valence-corrected chi connectivity index (χ2v) is 4.29. The summed E-state index contributed by atoms with van der Waals surface area (Å²) < 4.78 is 58.4. The highest BCUT2D eigenvalue weighted by molar-refractivity contribution is 5.75. The second-order valence-electron chi connectivity index (χ2n) is 4.29. The third-order valence-electron chi connectivity index (χ3n) is 2.62. The van der Waals surface area contributed by atoms with Gasteiger partial charge in [0.25, 0.3) is 0 Å². The summed E-state index contributed by atoms with van der Waals surface area (Å²) in [4.78, 5) is 10.6. The van der Waals surface area contributed by atoms with Gasteiger partial charge in [0.2, 0.25) is 0 Å². The van der Waals surface area contributed by atoms with Gasteiger partial charge in [0.15, 0.2) is 11.6 Å². The van der Waals surface area contributed by atoms with Crippen LogP contribution in [0.15, 0.2) is 42.5 Å². The molecule has 0 aliphatic heterocycles. The zero-order valence-corrected chi connectivity index (χ0v) is 11.1. The molecule has 0 N–H and O–H groups in total. The fourth-order valence-corrected chi connectivity index (χ4v) is 1.69. The van der Waals surface area contributed by atoms with Crippen LogP contribution in [0, 0.1) is 5.82 Å². The van der Waals surface area contributed by atoms with Gasteiger partial charge in [0.05, 0.1) is 0 Å². The molecule has 0 aromatic heterocycles. The third kappa shape index (κ3) is 4.47. The van der Waals surface area contributed by atoms with Crippen LogP contribution in [0.4, 0.5) is 17.6 Å². The highest BCUT2D eigenvalue weighted by atomic mass is 19.4. The fourth-order valence-electron chi connectivity index (χ4n) is 1.69. The van der Waals surface area contributed by atoms with E-state index in [2.05, 4.69) is 4.74 Å². The Bertz CT molecular complexity index is 668. The first kappa shape index (κ1) is 15.8. The Hall–Kier alpha value is -2.57. The third-order valence-corrected chi connectivity index (χ3v) is 2.62. The van der Waals surface area contributed by atoms with Gasteiger partial charge >= 0.3 is 6.36 Å². The Morgan fingerprint density at radius 1 is 1.09 bits per heavy atom. The Morgan fingerprint density at radius 3 is 2.50 bits per heavy atom. The van der Waals surface area contributed by atoms with Crippen molar-refractivity contribution in [3.63, 3.8) is 0 Å². The molecule has 2 aromatic rings. The van der Waals surface area contributed by atoms with Crippen LogP contribution in [-0.4, -0.2) is 12.6 Å². The predicted octanol–water partition coefficient (Wildman–Crippen LogP) is 4.12. The van der Waals surface area contributed by atoms with Crippen molar-refractivity contribution in [2.24, 2.45) is 0 Å². The van der Waals surface area contributed by atoms with E-state index in [-0.39, 0.29) is 6.61 Å². The first-order chi connectivity index (χ1) is 10.4. The molecule has 0 radical (unpaired) electrons. The lowest BCUT2D eigenvalue weighted by Gasteiger charge is -2.11. The molecule has 2 aromatic carbocycles. The van der Waals surface area contributed by atoms with Crippen LogP contribution < -0.4 is 9.47 Å². The number of ether oxygens (including phenoxy) is 2. The molecular formula is C15H10F4O3. The van der Waals surface area contributed by atoms with E-state index < -0.39 is 17.9 Å². The molecule has 3 nitrogen and oxygen atoms in total. The van der Waals surface area contributed by atoms with Gasteiger partial charge in [0, 0.05) is 5.56 Å². The number of hydrogen-bond donors (Lipinski definition) is 0. The molecule has 0 fully saturated rings. The Labute approximate surface area is 123 Å². The summed E-state index contributed by atoms with van der Waals surface area (Å²) in [7, 11) is 0. The van der Waals surface area contributed by atoms with E-state index in [9.17, 15) is 22.4 Å². The zero-order valence-electron chi connectivity index (χ0n) is 11.1. The van der Waals surface area contributed by atoms with E-state index in [1.54, 1.807) is 18.2 Å². The van der Waals surface area contributed by atoms with Crippen LogP contribution in [0.5, 0.6) is 11.5 Å². The lowest BCUT2D eigenvalue weighted by atomic mass is 10.2. The van der Waals surface area contributed by atoms with Gasteiger partial charge in [-0.05, 0) is 29.8 Å². The van der Waals surface area contributed by atoms with Crippen LogP contribution >= 0.6 is 0 Å². The van der Waals surface area contributed by atoms with Crippen molar-refractivity contribution in [1.29, 1.82) is 0 Å². The van der Waals surface area contributed by atoms with Crippen molar-refractivity contribution in [2.75, 3.05) is 0 Å². The summed E-state index contributed by atoms with van der Waals surface area (Å²) >= 11 is 0. The van der Waals surface area contributed by atoms with Crippen LogP contribution in [0.2, 0.25) is 0 Å². The normalized spacial score (nSPS) is 11.1. The van der Waals surface area contributed by atoms with E-state index in [1.165, 1.54) is 12.1 Å². The fraction of sp³-hybridized carbons (Fsp3) is 0.133. The molecule has 0 aliphatic rings. The minimum Gasteiger partial charge on any atom is -0.489 e. The molecule has 7 heteroatoms. The monoisotopic (exact) mass is 314 g/mol. The maximum absolute atomic E-state index is 13.5. The number of halogens is 4. The molecule has 2 rings (SSSR count). The number of benzene rings is 2. The number of rotatable bonds is 5. The van der Waals surface area contributed by atoms with E-state index in [0.717, 1.165) is 12.1 Å². The molecule has 116 valence electrons. The first-order valence-electron chi connectivity index (χ1n) is 6.09. The topological polar surface area (TPSA) is 35.5 Å². The highest BCUT2D eigenvalue weighted by Gasteiger charge is 2.32. The van der Waals surface area contributed by atoms with E-state index >= 15 is 0 Å². The molecule has 0 spiro atoms. The molecule has 0 saturated heterocycles. The van der Waals surface area contributed by atoms with Crippen molar-refractivity contribution in [2.45, 2.75) is 13.0 Å². The standard InChI is InChI=1S/C15H10F4O3/c16-13-7-11(4-5-14(13)22-15(17,18)19)9-21-12-3-1-2-10(6-12)8-20/h1-8H,9H2. The predicted molar refractivity (Wildman–Crippen MR) is 69.2 cm³/mol. The lowest BCUT2D eigenvalue weighted by Crippen LogP contribution is -2.18. The molecule has 0 amide bonds. The maximum Gasteiger partial charge on any atom is 0.573 e. The number of hydrogen-bond acceptors (Lipinski definition) is 3. The summed E-state index contributed by atoms with van der Waals surface area (Å²) in [5, 5.41) is 0. The number of alkyl halides is 3. The minimum absolute atomic E-state index is 0.0640. The Kier molecular flexibility index (Phi) is 4.65. The number of carbonyl (C=O) groups excluding carboxylic acids is 1. The minimum atomic E-state index is -4.95. The van der Waals surface area contributed by atoms with E-state index in [0.29, 0.717) is 23.2 Å². The van der Waals surface area contributed by atoms with Crippen molar-refractivity contribution < 1.29 is 31.8 Å². The quantitative estimate of drug-likeness (QED) is 0.615. The molecule has 0 unspecified atom stereocenters. The number of aldehydes is 1. The van der Waals surface area contributed by atoms with Gasteiger partial charge in [-0.3, -0.25) is 4.79 Å². The van der Waals surface area contributed by atoms with Crippen molar-refractivity contribution in [1.82, 2.24) is 0 Å². The Balaban J connectivity index is 2.04. The van der Waals surface area contributed by atoms with Gasteiger partial charge < -0.3 is 9.47 Å². The lowest BCUT2D eigenvalue weighted by molar-refractivity contribution is -0.275. The maximum atomic E-state index is 13.5. The molecule has 0 heterocycles. The van der Waals surface area contributed by atoms with Crippen LogP contribution in [0.3, 0.4) is 0 Å². The second kappa shape index (κ2) is 6.46. The molecule has 0 aliphatic carbocycles. The van der Waals surface area contributed by atoms with Crippen LogP contribution in [-0.2, 0) is 6.61 Å². The summed E-state index contributed by atoms with van der Waals surface area (Å²) in [5.41, 5.74) is 0.737. The van der Waals surface area contributed by atoms with Crippen LogP contribution in [0.25, 0.3) is 0 Å². The average Bonchev–Trinajstić information content (AvgIpc) is 2.46. The van der Waals surface area contributed by atoms with Gasteiger partial charge in [-0.1, -0.05) is 18.2 Å². The van der Waals surface area contributed by atoms with Gasteiger partial charge in [-0.15, -0.1) is 13.2 Å². The zero-order chi connectivity index (χ0) is 16.2. The largest absolute Gasteiger partial charge is 0.573 e. The van der Waals surface area contributed by atoms with Crippen molar-refractivity contribution in [3.05, 3.63) is 59.4 Å². The van der Waals surface area contributed by atoms with Gasteiger partial charge in [-0.2, -0.15) is 0 Å². The van der Waals surface area contributed by atoms with Crippen LogP contribution in [0.1, 0.15) is 15.9 Å². The molecule has 0 atom stereocenters. The average molecular weight is 314 g/mol. The number of carbonyl (C=O) groups is 1.